The zero-order valence-electron chi connectivity index (χ0n) is 11.7. The molecule has 6 nitrogen and oxygen atoms in total. The van der Waals surface area contributed by atoms with Crippen LogP contribution in [0.3, 0.4) is 0 Å². The van der Waals surface area contributed by atoms with E-state index in [1.807, 2.05) is 6.92 Å². The van der Waals surface area contributed by atoms with E-state index < -0.39 is 27.3 Å². The van der Waals surface area contributed by atoms with Gasteiger partial charge in [-0.3, -0.25) is 0 Å². The second kappa shape index (κ2) is 6.03. The Hall–Kier alpha value is -1.60. The van der Waals surface area contributed by atoms with Gasteiger partial charge in [-0.25, -0.2) is 17.9 Å². The van der Waals surface area contributed by atoms with E-state index in [1.165, 1.54) is 6.07 Å². The molecule has 0 spiro atoms. The number of rotatable bonds is 5. The molecule has 1 fully saturated rings. The topological polar surface area (TPSA) is 104 Å². The lowest BCUT2D eigenvalue weighted by atomic mass is 10.0. The van der Waals surface area contributed by atoms with Crippen molar-refractivity contribution in [1.29, 1.82) is 0 Å². The number of carboxylic acids is 1. The molecule has 116 valence electrons. The average Bonchev–Trinajstić information content (AvgIpc) is 2.92. The first kappa shape index (κ1) is 15.8. The Labute approximate surface area is 123 Å². The number of hydrogen-bond donors (Lipinski definition) is 3. The molecule has 2 rings (SSSR count). The third-order valence-electron chi connectivity index (χ3n) is 3.96. The Morgan fingerprint density at radius 1 is 1.33 bits per heavy atom. The van der Waals surface area contributed by atoms with E-state index in [9.17, 15) is 18.3 Å². The van der Waals surface area contributed by atoms with Crippen LogP contribution in [0.25, 0.3) is 0 Å². The summed E-state index contributed by atoms with van der Waals surface area (Å²) in [5.74, 6) is -1.51. The molecule has 0 aromatic heterocycles. The minimum Gasteiger partial charge on any atom is -0.507 e. The maximum Gasteiger partial charge on any atom is 0.339 e. The quantitative estimate of drug-likeness (QED) is 0.771. The molecule has 0 aliphatic heterocycles. The molecule has 1 aliphatic rings. The minimum absolute atomic E-state index is 0.150. The summed E-state index contributed by atoms with van der Waals surface area (Å²) in [6.45, 7) is 1.83. The smallest absolute Gasteiger partial charge is 0.339 e. The van der Waals surface area contributed by atoms with Crippen LogP contribution in [0, 0.1) is 5.92 Å². The van der Waals surface area contributed by atoms with Gasteiger partial charge in [-0.15, -0.1) is 0 Å². The van der Waals surface area contributed by atoms with Gasteiger partial charge in [-0.2, -0.15) is 0 Å². The van der Waals surface area contributed by atoms with Gasteiger partial charge < -0.3 is 10.2 Å². The van der Waals surface area contributed by atoms with Crippen LogP contribution < -0.4 is 4.72 Å². The van der Waals surface area contributed by atoms with E-state index >= 15 is 0 Å². The van der Waals surface area contributed by atoms with Crippen LogP contribution in [0.15, 0.2) is 23.1 Å². The van der Waals surface area contributed by atoms with E-state index in [0.717, 1.165) is 37.8 Å². The van der Waals surface area contributed by atoms with Crippen LogP contribution in [0.4, 0.5) is 0 Å². The Morgan fingerprint density at radius 2 is 1.95 bits per heavy atom. The lowest BCUT2D eigenvalue weighted by Gasteiger charge is -2.20. The second-order valence-corrected chi connectivity index (χ2v) is 7.15. The molecule has 7 heteroatoms. The van der Waals surface area contributed by atoms with Gasteiger partial charge >= 0.3 is 5.97 Å². The molecule has 0 unspecified atom stereocenters. The minimum atomic E-state index is -3.79. The highest BCUT2D eigenvalue weighted by molar-refractivity contribution is 7.89. The maximum absolute atomic E-state index is 12.3. The summed E-state index contributed by atoms with van der Waals surface area (Å²) in [4.78, 5) is 10.8. The predicted molar refractivity (Wildman–Crippen MR) is 76.8 cm³/mol. The molecule has 3 N–H and O–H groups in total. The molecule has 1 aromatic carbocycles. The summed E-state index contributed by atoms with van der Waals surface area (Å²) in [5.41, 5.74) is -0.425. The lowest BCUT2D eigenvalue weighted by molar-refractivity contribution is 0.0693. The van der Waals surface area contributed by atoms with Crippen LogP contribution in [-0.2, 0) is 10.0 Å². The van der Waals surface area contributed by atoms with Crippen LogP contribution in [0.5, 0.6) is 5.75 Å². The van der Waals surface area contributed by atoms with Gasteiger partial charge in [0.15, 0.2) is 0 Å². The molecule has 0 heterocycles. The van der Waals surface area contributed by atoms with E-state index in [2.05, 4.69) is 4.72 Å². The number of phenols is 1. The fourth-order valence-electron chi connectivity index (χ4n) is 2.72. The van der Waals surface area contributed by atoms with Crippen molar-refractivity contribution in [2.45, 2.75) is 43.5 Å². The van der Waals surface area contributed by atoms with Gasteiger partial charge in [0, 0.05) is 6.04 Å². The van der Waals surface area contributed by atoms with Crippen molar-refractivity contribution in [3.05, 3.63) is 23.8 Å². The molecule has 1 aliphatic carbocycles. The first-order valence-electron chi connectivity index (χ1n) is 6.90. The van der Waals surface area contributed by atoms with E-state index in [-0.39, 0.29) is 10.9 Å². The summed E-state index contributed by atoms with van der Waals surface area (Å²) in [5, 5.41) is 18.4. The van der Waals surface area contributed by atoms with Crippen LogP contribution in [-0.4, -0.2) is 30.6 Å². The van der Waals surface area contributed by atoms with Gasteiger partial charge in [-0.1, -0.05) is 12.8 Å². The monoisotopic (exact) mass is 313 g/mol. The Balaban J connectivity index is 2.23. The van der Waals surface area contributed by atoms with Crippen LogP contribution in [0.1, 0.15) is 43.0 Å². The zero-order valence-corrected chi connectivity index (χ0v) is 12.6. The number of hydrogen-bond acceptors (Lipinski definition) is 4. The third-order valence-corrected chi connectivity index (χ3v) is 5.51. The summed E-state index contributed by atoms with van der Waals surface area (Å²) in [6.07, 6.45) is 4.22. The molecule has 0 bridgehead atoms. The standard InChI is InChI=1S/C14H19NO5S/c1-9(10-4-2-3-5-10)15-21(19,20)11-6-7-13(16)12(8-11)14(17)18/h6-10,15-16H,2-5H2,1H3,(H,17,18)/t9-/m0/s1. The predicted octanol–water partition coefficient (Wildman–Crippen LogP) is 1.95. The fourth-order valence-corrected chi connectivity index (χ4v) is 4.06. The van der Waals surface area contributed by atoms with Crippen molar-refractivity contribution in [3.63, 3.8) is 0 Å². The van der Waals surface area contributed by atoms with Crippen molar-refractivity contribution in [2.24, 2.45) is 5.92 Å². The van der Waals surface area contributed by atoms with Gasteiger partial charge in [-0.05, 0) is 43.9 Å². The van der Waals surface area contributed by atoms with Gasteiger partial charge in [0.25, 0.3) is 0 Å². The largest absolute Gasteiger partial charge is 0.507 e. The molecular weight excluding hydrogens is 294 g/mol. The number of sulfonamides is 1. The second-order valence-electron chi connectivity index (χ2n) is 5.44. The highest BCUT2D eigenvalue weighted by Crippen LogP contribution is 2.28. The van der Waals surface area contributed by atoms with Gasteiger partial charge in [0.1, 0.15) is 11.3 Å². The molecule has 1 saturated carbocycles. The van der Waals surface area contributed by atoms with Gasteiger partial charge in [0.2, 0.25) is 10.0 Å². The molecule has 21 heavy (non-hydrogen) atoms. The zero-order chi connectivity index (χ0) is 15.6. The summed E-state index contributed by atoms with van der Waals surface area (Å²) in [6, 6.07) is 3.06. The fraction of sp³-hybridized carbons (Fsp3) is 0.500. The number of aromatic carboxylic acids is 1. The van der Waals surface area contributed by atoms with Crippen molar-refractivity contribution < 1.29 is 23.4 Å². The third kappa shape index (κ3) is 3.54. The number of benzene rings is 1. The Morgan fingerprint density at radius 3 is 2.52 bits per heavy atom. The summed E-state index contributed by atoms with van der Waals surface area (Å²) in [7, 11) is -3.79. The number of carboxylic acid groups (broad SMARTS) is 1. The molecular formula is C14H19NO5S. The number of nitrogens with one attached hydrogen (secondary N) is 1. The lowest BCUT2D eigenvalue weighted by Crippen LogP contribution is -2.37. The molecule has 0 radical (unpaired) electrons. The number of aromatic hydroxyl groups is 1. The first-order valence-corrected chi connectivity index (χ1v) is 8.38. The van der Waals surface area contributed by atoms with Gasteiger partial charge in [0.05, 0.1) is 4.90 Å². The van der Waals surface area contributed by atoms with E-state index in [4.69, 9.17) is 5.11 Å². The van der Waals surface area contributed by atoms with Crippen molar-refractivity contribution >= 4 is 16.0 Å². The van der Waals surface area contributed by atoms with E-state index in [1.54, 1.807) is 0 Å². The molecule has 0 amide bonds. The van der Waals surface area contributed by atoms with Crippen molar-refractivity contribution in [2.75, 3.05) is 0 Å². The van der Waals surface area contributed by atoms with E-state index in [0.29, 0.717) is 5.92 Å². The maximum atomic E-state index is 12.3. The molecule has 1 aromatic rings. The normalized spacial score (nSPS) is 17.8. The summed E-state index contributed by atoms with van der Waals surface area (Å²) >= 11 is 0. The van der Waals surface area contributed by atoms with Crippen LogP contribution >= 0.6 is 0 Å². The molecule has 0 saturated heterocycles. The van der Waals surface area contributed by atoms with Crippen LogP contribution in [0.2, 0.25) is 0 Å². The Bertz CT molecular complexity index is 635. The number of carbonyl (C=O) groups is 1. The summed E-state index contributed by atoms with van der Waals surface area (Å²) < 4.78 is 27.2. The highest BCUT2D eigenvalue weighted by Gasteiger charge is 2.27. The average molecular weight is 313 g/mol. The van der Waals surface area contributed by atoms with Crippen molar-refractivity contribution in [1.82, 2.24) is 4.72 Å². The first-order chi connectivity index (χ1) is 9.81. The highest BCUT2D eigenvalue weighted by atomic mass is 32.2. The Kier molecular flexibility index (Phi) is 4.53. The SMILES string of the molecule is C[C@H](NS(=O)(=O)c1ccc(O)c(C(=O)O)c1)C1CCCC1. The molecule has 1 atom stereocenters. The van der Waals surface area contributed by atoms with Crippen molar-refractivity contribution in [3.8, 4) is 5.75 Å².